The molecule has 0 spiro atoms. The molecular weight excluding hydrogens is 475 g/mol. The number of aromatic nitrogens is 1. The Labute approximate surface area is 217 Å². The fourth-order valence-corrected chi connectivity index (χ4v) is 5.18. The molecule has 1 aromatic heterocycles. The van der Waals surface area contributed by atoms with E-state index in [4.69, 9.17) is 0 Å². The van der Waals surface area contributed by atoms with E-state index in [1.54, 1.807) is 12.1 Å². The van der Waals surface area contributed by atoms with Gasteiger partial charge in [-0.25, -0.2) is 0 Å². The zero-order valence-corrected chi connectivity index (χ0v) is 21.8. The minimum atomic E-state index is -4.73. The van der Waals surface area contributed by atoms with Gasteiger partial charge in [-0.05, 0) is 65.8 Å². The number of piperazine rings is 1. The third kappa shape index (κ3) is 6.40. The first-order chi connectivity index (χ1) is 17.6. The molecule has 0 radical (unpaired) electrons. The number of aryl methyl sites for hydroxylation is 1. The van der Waals surface area contributed by atoms with Crippen molar-refractivity contribution in [3.8, 4) is 11.1 Å². The second kappa shape index (κ2) is 11.3. The summed E-state index contributed by atoms with van der Waals surface area (Å²) >= 11 is 0. The van der Waals surface area contributed by atoms with Crippen molar-refractivity contribution in [3.05, 3.63) is 89.2 Å². The predicted molar refractivity (Wildman–Crippen MR) is 141 cm³/mol. The average molecular weight is 512 g/mol. The van der Waals surface area contributed by atoms with Crippen molar-refractivity contribution in [2.75, 3.05) is 19.6 Å². The number of aliphatic hydroxyl groups is 1. The Morgan fingerprint density at radius 2 is 1.65 bits per heavy atom. The molecule has 0 aliphatic carbocycles. The molecule has 37 heavy (non-hydrogen) atoms. The van der Waals surface area contributed by atoms with Crippen molar-refractivity contribution in [3.63, 3.8) is 0 Å². The molecule has 2 aromatic carbocycles. The van der Waals surface area contributed by atoms with E-state index in [0.717, 1.165) is 69.2 Å². The van der Waals surface area contributed by atoms with Gasteiger partial charge in [-0.3, -0.25) is 14.8 Å². The van der Waals surface area contributed by atoms with Gasteiger partial charge in [0.2, 0.25) is 0 Å². The van der Waals surface area contributed by atoms with E-state index in [0.29, 0.717) is 6.04 Å². The van der Waals surface area contributed by atoms with Crippen LogP contribution in [0.5, 0.6) is 0 Å². The summed E-state index contributed by atoms with van der Waals surface area (Å²) in [5.74, 6) is 0. The number of rotatable bonds is 8. The van der Waals surface area contributed by atoms with Gasteiger partial charge in [0.05, 0.1) is 0 Å². The third-order valence-corrected chi connectivity index (χ3v) is 7.45. The van der Waals surface area contributed by atoms with Gasteiger partial charge in [0.25, 0.3) is 0 Å². The van der Waals surface area contributed by atoms with Crippen LogP contribution in [0.25, 0.3) is 11.1 Å². The van der Waals surface area contributed by atoms with Crippen LogP contribution in [0.3, 0.4) is 0 Å². The van der Waals surface area contributed by atoms with E-state index >= 15 is 0 Å². The fraction of sp³-hybridized carbons (Fsp3) is 0.433. The highest BCUT2D eigenvalue weighted by molar-refractivity contribution is 5.68. The quantitative estimate of drug-likeness (QED) is 0.385. The lowest BCUT2D eigenvalue weighted by molar-refractivity contribution is -0.258. The van der Waals surface area contributed by atoms with Crippen LogP contribution in [0.1, 0.15) is 48.9 Å². The first-order valence-electron chi connectivity index (χ1n) is 12.9. The van der Waals surface area contributed by atoms with Crippen LogP contribution < -0.4 is 0 Å². The second-order valence-electron chi connectivity index (χ2n) is 10.3. The molecule has 1 aliphatic rings. The lowest BCUT2D eigenvalue weighted by Gasteiger charge is -2.41. The molecule has 2 atom stereocenters. The lowest BCUT2D eigenvalue weighted by Crippen LogP contribution is -2.52. The lowest BCUT2D eigenvalue weighted by atomic mass is 9.92. The Hall–Kier alpha value is -2.74. The third-order valence-electron chi connectivity index (χ3n) is 7.45. The van der Waals surface area contributed by atoms with Gasteiger partial charge < -0.3 is 5.11 Å². The molecule has 7 heteroatoms. The van der Waals surface area contributed by atoms with Crippen LogP contribution in [0.2, 0.25) is 0 Å². The highest BCUT2D eigenvalue weighted by Crippen LogP contribution is 2.39. The van der Waals surface area contributed by atoms with Crippen molar-refractivity contribution in [2.24, 2.45) is 0 Å². The molecule has 3 aromatic rings. The van der Waals surface area contributed by atoms with Gasteiger partial charge in [0.1, 0.15) is 0 Å². The number of alkyl halides is 3. The molecule has 2 unspecified atom stereocenters. The number of hydrogen-bond acceptors (Lipinski definition) is 4. The minimum absolute atomic E-state index is 0.164. The van der Waals surface area contributed by atoms with E-state index in [1.165, 1.54) is 23.3 Å². The van der Waals surface area contributed by atoms with Gasteiger partial charge in [-0.2, -0.15) is 13.2 Å². The van der Waals surface area contributed by atoms with Gasteiger partial charge >= 0.3 is 6.18 Å². The summed E-state index contributed by atoms with van der Waals surface area (Å²) in [7, 11) is 0. The molecule has 1 saturated heterocycles. The van der Waals surface area contributed by atoms with Gasteiger partial charge in [-0.1, -0.05) is 55.8 Å². The highest BCUT2D eigenvalue weighted by atomic mass is 19.4. The summed E-state index contributed by atoms with van der Waals surface area (Å²) in [4.78, 5) is 9.24. The summed E-state index contributed by atoms with van der Waals surface area (Å²) < 4.78 is 39.5. The Morgan fingerprint density at radius 1 is 0.946 bits per heavy atom. The smallest absolute Gasteiger partial charge is 0.376 e. The molecule has 198 valence electrons. The summed E-state index contributed by atoms with van der Waals surface area (Å²) in [5, 5.41) is 9.94. The number of halogens is 3. The zero-order valence-electron chi connectivity index (χ0n) is 21.8. The minimum Gasteiger partial charge on any atom is -0.376 e. The Morgan fingerprint density at radius 3 is 2.27 bits per heavy atom. The van der Waals surface area contributed by atoms with E-state index in [-0.39, 0.29) is 5.56 Å². The number of pyridine rings is 1. The van der Waals surface area contributed by atoms with E-state index in [1.807, 2.05) is 25.4 Å². The van der Waals surface area contributed by atoms with Gasteiger partial charge in [0, 0.05) is 51.2 Å². The number of hydrogen-bond donors (Lipinski definition) is 1. The predicted octanol–water partition coefficient (Wildman–Crippen LogP) is 6.31. The fourth-order valence-electron chi connectivity index (χ4n) is 5.18. The summed E-state index contributed by atoms with van der Waals surface area (Å²) in [6.45, 7) is 9.94. The summed E-state index contributed by atoms with van der Waals surface area (Å²) in [5.41, 5.74) is 2.38. The first kappa shape index (κ1) is 27.3. The molecule has 0 saturated carbocycles. The Kier molecular flexibility index (Phi) is 8.36. The number of benzene rings is 2. The molecule has 4 nitrogen and oxygen atoms in total. The molecular formula is C30H36F3N3O. The molecule has 0 bridgehead atoms. The van der Waals surface area contributed by atoms with Crippen molar-refractivity contribution in [2.45, 2.75) is 64.5 Å². The zero-order chi connectivity index (χ0) is 26.6. The van der Waals surface area contributed by atoms with Gasteiger partial charge in [0.15, 0.2) is 5.60 Å². The Bertz CT molecular complexity index is 1160. The van der Waals surface area contributed by atoms with Crippen LogP contribution in [-0.2, 0) is 18.7 Å². The molecule has 1 fully saturated rings. The van der Waals surface area contributed by atoms with Crippen molar-refractivity contribution < 1.29 is 18.3 Å². The topological polar surface area (TPSA) is 39.6 Å². The van der Waals surface area contributed by atoms with E-state index in [2.05, 4.69) is 46.0 Å². The van der Waals surface area contributed by atoms with Crippen molar-refractivity contribution in [1.29, 1.82) is 0 Å². The summed E-state index contributed by atoms with van der Waals surface area (Å²) in [6, 6.07) is 17.0. The second-order valence-corrected chi connectivity index (χ2v) is 10.3. The van der Waals surface area contributed by atoms with Crippen LogP contribution >= 0.6 is 0 Å². The van der Waals surface area contributed by atoms with Gasteiger partial charge in [-0.15, -0.1) is 0 Å². The molecule has 1 N–H and O–H groups in total. The normalized spacial score (nSPS) is 19.1. The van der Waals surface area contributed by atoms with E-state index < -0.39 is 11.8 Å². The van der Waals surface area contributed by atoms with E-state index in [9.17, 15) is 18.3 Å². The average Bonchev–Trinajstić information content (AvgIpc) is 2.86. The summed E-state index contributed by atoms with van der Waals surface area (Å²) in [6.07, 6.45) is 1.29. The first-order valence-corrected chi connectivity index (χ1v) is 12.9. The SMILES string of the molecule is CCCC1CN(Cc2ccc(-c3ccc(C(C)(O)C(F)(F)F)cc3)c(C)c2)CCN1Cc1ccncc1. The highest BCUT2D eigenvalue weighted by Gasteiger charge is 2.51. The van der Waals surface area contributed by atoms with Crippen molar-refractivity contribution >= 4 is 0 Å². The van der Waals surface area contributed by atoms with Crippen LogP contribution in [0.15, 0.2) is 67.0 Å². The van der Waals surface area contributed by atoms with Crippen LogP contribution in [-0.4, -0.2) is 51.7 Å². The number of nitrogens with zero attached hydrogens (tertiary/aromatic N) is 3. The molecule has 4 rings (SSSR count). The van der Waals surface area contributed by atoms with Crippen molar-refractivity contribution in [1.82, 2.24) is 14.8 Å². The maximum absolute atomic E-state index is 13.2. The maximum atomic E-state index is 13.2. The monoisotopic (exact) mass is 511 g/mol. The molecule has 1 aliphatic heterocycles. The standard InChI is InChI=1S/C30H36F3N3O/c1-4-5-27-21-35(16-17-36(27)20-23-12-14-34-15-13-23)19-24-6-11-28(22(2)18-24)25-7-9-26(10-8-25)29(3,37)30(31,32)33/h6-15,18,27,37H,4-5,16-17,19-21H2,1-3H3. The maximum Gasteiger partial charge on any atom is 0.421 e. The van der Waals surface area contributed by atoms with Crippen LogP contribution in [0, 0.1) is 6.92 Å². The largest absolute Gasteiger partial charge is 0.421 e. The molecule has 2 heterocycles. The van der Waals surface area contributed by atoms with Crippen LogP contribution in [0.4, 0.5) is 13.2 Å². The Balaban J connectivity index is 1.42. The molecule has 0 amide bonds.